The number of benzene rings is 1. The van der Waals surface area contributed by atoms with Gasteiger partial charge in [-0.05, 0) is 19.1 Å². The topological polar surface area (TPSA) is 66.5 Å². The van der Waals surface area contributed by atoms with Gasteiger partial charge in [-0.25, -0.2) is 8.42 Å². The molecule has 1 aromatic carbocycles. The molecule has 0 aliphatic carbocycles. The Morgan fingerprint density at radius 2 is 1.90 bits per heavy atom. The molecule has 0 heterocycles. The first-order chi connectivity index (χ1) is 9.26. The SMILES string of the molecule is CCS(=O)(=O)CC(C)Nc1ccccc1C(=O)N(C)C. The van der Waals surface area contributed by atoms with Gasteiger partial charge < -0.3 is 10.2 Å². The Bertz CT molecular complexity index is 568. The van der Waals surface area contributed by atoms with E-state index in [0.29, 0.717) is 11.3 Å². The molecule has 1 atom stereocenters. The molecule has 0 bridgehead atoms. The van der Waals surface area contributed by atoms with E-state index in [1.807, 2.05) is 6.07 Å². The Labute approximate surface area is 120 Å². The van der Waals surface area contributed by atoms with E-state index in [2.05, 4.69) is 5.32 Å². The Balaban J connectivity index is 2.91. The molecule has 0 aromatic heterocycles. The molecule has 1 N–H and O–H groups in total. The van der Waals surface area contributed by atoms with E-state index in [4.69, 9.17) is 0 Å². The first kappa shape index (κ1) is 16.5. The van der Waals surface area contributed by atoms with E-state index in [0.717, 1.165) is 0 Å². The number of carbonyl (C=O) groups is 1. The summed E-state index contributed by atoms with van der Waals surface area (Å²) >= 11 is 0. The van der Waals surface area contributed by atoms with Crippen molar-refractivity contribution in [3.63, 3.8) is 0 Å². The second-order valence-corrected chi connectivity index (χ2v) is 7.39. The molecule has 6 heteroatoms. The number of para-hydroxylation sites is 1. The quantitative estimate of drug-likeness (QED) is 0.866. The fourth-order valence-electron chi connectivity index (χ4n) is 1.84. The van der Waals surface area contributed by atoms with Crippen LogP contribution in [0.4, 0.5) is 5.69 Å². The summed E-state index contributed by atoms with van der Waals surface area (Å²) in [7, 11) is 0.323. The molecule has 0 fully saturated rings. The number of nitrogens with zero attached hydrogens (tertiary/aromatic N) is 1. The highest BCUT2D eigenvalue weighted by atomic mass is 32.2. The van der Waals surface area contributed by atoms with Crippen LogP contribution >= 0.6 is 0 Å². The highest BCUT2D eigenvalue weighted by Gasteiger charge is 2.17. The largest absolute Gasteiger partial charge is 0.381 e. The molecule has 0 saturated carbocycles. The summed E-state index contributed by atoms with van der Waals surface area (Å²) in [5, 5.41) is 3.11. The molecular weight excluding hydrogens is 276 g/mol. The number of sulfone groups is 1. The molecule has 0 spiro atoms. The summed E-state index contributed by atoms with van der Waals surface area (Å²) in [5.74, 6) is 0.0595. The van der Waals surface area contributed by atoms with Gasteiger partial charge in [-0.1, -0.05) is 19.1 Å². The number of nitrogens with one attached hydrogen (secondary N) is 1. The molecule has 0 aliphatic rings. The predicted molar refractivity (Wildman–Crippen MR) is 81.9 cm³/mol. The van der Waals surface area contributed by atoms with Crippen LogP contribution in [0.2, 0.25) is 0 Å². The molecule has 0 saturated heterocycles. The van der Waals surface area contributed by atoms with Gasteiger partial charge in [0.1, 0.15) is 0 Å². The summed E-state index contributed by atoms with van der Waals surface area (Å²) in [5.41, 5.74) is 1.20. The van der Waals surface area contributed by atoms with E-state index in [-0.39, 0.29) is 23.5 Å². The molecule has 112 valence electrons. The summed E-state index contributed by atoms with van der Waals surface area (Å²) in [4.78, 5) is 13.5. The first-order valence-electron chi connectivity index (χ1n) is 6.54. The summed E-state index contributed by atoms with van der Waals surface area (Å²) in [6.07, 6.45) is 0. The molecule has 1 aromatic rings. The van der Waals surface area contributed by atoms with Crippen molar-refractivity contribution in [2.45, 2.75) is 19.9 Å². The van der Waals surface area contributed by atoms with Crippen LogP contribution in [0.1, 0.15) is 24.2 Å². The molecule has 0 aliphatic heterocycles. The molecule has 0 radical (unpaired) electrons. The van der Waals surface area contributed by atoms with Gasteiger partial charge in [-0.15, -0.1) is 0 Å². The number of carbonyl (C=O) groups excluding carboxylic acids is 1. The van der Waals surface area contributed by atoms with Gasteiger partial charge in [-0.2, -0.15) is 0 Å². The maximum absolute atomic E-state index is 12.1. The zero-order valence-electron chi connectivity index (χ0n) is 12.4. The fourth-order valence-corrected chi connectivity index (χ4v) is 2.92. The fraction of sp³-hybridized carbons (Fsp3) is 0.500. The predicted octanol–water partition coefficient (Wildman–Crippen LogP) is 1.62. The highest BCUT2D eigenvalue weighted by molar-refractivity contribution is 7.91. The highest BCUT2D eigenvalue weighted by Crippen LogP contribution is 2.18. The van der Waals surface area contributed by atoms with Gasteiger partial charge in [0.25, 0.3) is 5.91 Å². The average molecular weight is 298 g/mol. The zero-order chi connectivity index (χ0) is 15.3. The van der Waals surface area contributed by atoms with Crippen LogP contribution in [0.5, 0.6) is 0 Å². The van der Waals surface area contributed by atoms with E-state index in [1.165, 1.54) is 4.90 Å². The van der Waals surface area contributed by atoms with Crippen molar-refractivity contribution in [2.75, 3.05) is 30.9 Å². The van der Waals surface area contributed by atoms with Crippen LogP contribution in [-0.2, 0) is 9.84 Å². The summed E-state index contributed by atoms with van der Waals surface area (Å²) in [6.45, 7) is 3.43. The monoisotopic (exact) mass is 298 g/mol. The van der Waals surface area contributed by atoms with Gasteiger partial charge in [-0.3, -0.25) is 4.79 Å². The molecule has 1 amide bonds. The summed E-state index contributed by atoms with van der Waals surface area (Å²) in [6, 6.07) is 6.86. The maximum atomic E-state index is 12.1. The third-order valence-electron chi connectivity index (χ3n) is 2.91. The van der Waals surface area contributed by atoms with Gasteiger partial charge in [0.2, 0.25) is 0 Å². The van der Waals surface area contributed by atoms with Crippen molar-refractivity contribution in [1.29, 1.82) is 0 Å². The van der Waals surface area contributed by atoms with Crippen molar-refractivity contribution in [1.82, 2.24) is 4.90 Å². The van der Waals surface area contributed by atoms with E-state index in [9.17, 15) is 13.2 Å². The van der Waals surface area contributed by atoms with Crippen LogP contribution in [0.15, 0.2) is 24.3 Å². The van der Waals surface area contributed by atoms with Crippen molar-refractivity contribution < 1.29 is 13.2 Å². The Morgan fingerprint density at radius 1 is 1.30 bits per heavy atom. The van der Waals surface area contributed by atoms with Crippen LogP contribution in [0.3, 0.4) is 0 Å². The van der Waals surface area contributed by atoms with Gasteiger partial charge in [0, 0.05) is 31.6 Å². The number of anilines is 1. The van der Waals surface area contributed by atoms with Gasteiger partial charge in [0.15, 0.2) is 9.84 Å². The lowest BCUT2D eigenvalue weighted by atomic mass is 10.1. The molecule has 20 heavy (non-hydrogen) atoms. The van der Waals surface area contributed by atoms with Crippen LogP contribution in [0, 0.1) is 0 Å². The molecular formula is C14H22N2O3S. The zero-order valence-corrected chi connectivity index (χ0v) is 13.2. The molecule has 1 rings (SSSR count). The van der Waals surface area contributed by atoms with Crippen molar-refractivity contribution in [3.05, 3.63) is 29.8 Å². The lowest BCUT2D eigenvalue weighted by molar-refractivity contribution is 0.0828. The molecule has 5 nitrogen and oxygen atoms in total. The summed E-state index contributed by atoms with van der Waals surface area (Å²) < 4.78 is 23.2. The van der Waals surface area contributed by atoms with E-state index in [1.54, 1.807) is 46.1 Å². The lowest BCUT2D eigenvalue weighted by Gasteiger charge is -2.19. The minimum absolute atomic E-state index is 0.0496. The first-order valence-corrected chi connectivity index (χ1v) is 8.36. The number of hydrogen-bond donors (Lipinski definition) is 1. The minimum Gasteiger partial charge on any atom is -0.381 e. The van der Waals surface area contributed by atoms with Gasteiger partial charge >= 0.3 is 0 Å². The third kappa shape index (κ3) is 4.52. The second kappa shape index (κ2) is 6.74. The van der Waals surface area contributed by atoms with E-state index >= 15 is 0 Å². The Morgan fingerprint density at radius 3 is 2.45 bits per heavy atom. The number of amides is 1. The van der Waals surface area contributed by atoms with Crippen LogP contribution in [-0.4, -0.2) is 50.9 Å². The standard InChI is InChI=1S/C14H22N2O3S/c1-5-20(18,19)10-11(2)15-13-9-7-6-8-12(13)14(17)16(3)4/h6-9,11,15H,5,10H2,1-4H3. The van der Waals surface area contributed by atoms with Gasteiger partial charge in [0.05, 0.1) is 11.3 Å². The van der Waals surface area contributed by atoms with Crippen LogP contribution < -0.4 is 5.32 Å². The van der Waals surface area contributed by atoms with Crippen LogP contribution in [0.25, 0.3) is 0 Å². The molecule has 1 unspecified atom stereocenters. The van der Waals surface area contributed by atoms with E-state index < -0.39 is 9.84 Å². The Hall–Kier alpha value is -1.56. The lowest BCUT2D eigenvalue weighted by Crippen LogP contribution is -2.29. The average Bonchev–Trinajstić information content (AvgIpc) is 2.37. The normalized spacial score (nSPS) is 12.8. The van der Waals surface area contributed by atoms with Crippen molar-refractivity contribution >= 4 is 21.4 Å². The van der Waals surface area contributed by atoms with Crippen molar-refractivity contribution in [3.8, 4) is 0 Å². The van der Waals surface area contributed by atoms with Crippen molar-refractivity contribution in [2.24, 2.45) is 0 Å². The Kier molecular flexibility index (Phi) is 5.56. The smallest absolute Gasteiger partial charge is 0.255 e. The second-order valence-electron chi connectivity index (χ2n) is 4.99. The third-order valence-corrected chi connectivity index (χ3v) is 4.80. The number of hydrogen-bond acceptors (Lipinski definition) is 4. The number of rotatable bonds is 6. The minimum atomic E-state index is -3.05. The maximum Gasteiger partial charge on any atom is 0.255 e.